The van der Waals surface area contributed by atoms with Crippen molar-refractivity contribution in [3.8, 4) is 17.2 Å². The minimum Gasteiger partial charge on any atom is -0.379 e. The number of amides is 5. The number of hydrogen-bond acceptors (Lipinski definition) is 12. The van der Waals surface area contributed by atoms with Gasteiger partial charge in [-0.05, 0) is 110 Å². The van der Waals surface area contributed by atoms with Crippen molar-refractivity contribution in [1.29, 1.82) is 0 Å². The Bertz CT molecular complexity index is 3090. The molecule has 0 spiro atoms. The van der Waals surface area contributed by atoms with Crippen LogP contribution in [0, 0.1) is 11.7 Å². The normalized spacial score (nSPS) is 20.1. The molecule has 4 aliphatic heterocycles. The number of ether oxygens (including phenoxy) is 2. The lowest BCUT2D eigenvalue weighted by Crippen LogP contribution is -2.54. The molecule has 0 saturated carbocycles. The van der Waals surface area contributed by atoms with E-state index in [9.17, 15) is 38.0 Å². The number of carbonyl (C=O) groups excluding carboxylic acids is 6. The molecule has 10 rings (SSSR count). The lowest BCUT2D eigenvalue weighted by Gasteiger charge is -2.40. The number of benzene rings is 3. The number of hydrogen-bond donors (Lipinski definition) is 3. The number of aryl methyl sites for hydroxylation is 2. The second kappa shape index (κ2) is 22.3. The molecule has 18 nitrogen and oxygen atoms in total. The number of fused-ring (bicyclic) bond motifs is 2. The molecule has 2 atom stereocenters. The van der Waals surface area contributed by atoms with Gasteiger partial charge in [0.25, 0.3) is 17.4 Å². The molecule has 3 N–H and O–H groups in total. The summed E-state index contributed by atoms with van der Waals surface area (Å²) < 4.78 is 26.5. The smallest absolute Gasteiger partial charge is 0.277 e. The fraction of sp³-hybridized carbons (Fsp3) is 0.407. The van der Waals surface area contributed by atoms with E-state index in [0.29, 0.717) is 98.0 Å². The van der Waals surface area contributed by atoms with E-state index < -0.39 is 35.7 Å². The summed E-state index contributed by atoms with van der Waals surface area (Å²) in [4.78, 5) is 106. The summed E-state index contributed by atoms with van der Waals surface area (Å²) in [5.74, 6) is -2.30. The molecule has 2 aromatic heterocycles. The Kier molecular flexibility index (Phi) is 15.3. The van der Waals surface area contributed by atoms with Crippen LogP contribution >= 0.6 is 11.6 Å². The number of nitrogens with one attached hydrogen (secondary N) is 3. The Morgan fingerprint density at radius 1 is 0.784 bits per heavy atom. The largest absolute Gasteiger partial charge is 0.379 e. The highest BCUT2D eigenvalue weighted by Crippen LogP contribution is 2.34. The molecule has 5 amide bonds. The highest BCUT2D eigenvalue weighted by molar-refractivity contribution is 6.31. The number of ketones is 1. The highest BCUT2D eigenvalue weighted by atomic mass is 35.5. The maximum Gasteiger partial charge on any atom is 0.277 e. The lowest BCUT2D eigenvalue weighted by molar-refractivity contribution is -0.149. The van der Waals surface area contributed by atoms with E-state index in [0.717, 1.165) is 66.9 Å². The first-order valence-corrected chi connectivity index (χ1v) is 25.7. The van der Waals surface area contributed by atoms with Crippen molar-refractivity contribution in [1.82, 2.24) is 44.7 Å². The number of imide groups is 2. The van der Waals surface area contributed by atoms with Crippen LogP contribution in [-0.2, 0) is 57.5 Å². The third kappa shape index (κ3) is 11.1. The summed E-state index contributed by atoms with van der Waals surface area (Å²) in [6.45, 7) is 6.07. The van der Waals surface area contributed by atoms with Gasteiger partial charge < -0.3 is 24.3 Å². The van der Waals surface area contributed by atoms with Crippen LogP contribution in [0.2, 0.25) is 5.02 Å². The molecule has 1 aliphatic carbocycles. The average molecular weight is 1030 g/mol. The summed E-state index contributed by atoms with van der Waals surface area (Å²) >= 11 is 6.20. The first-order valence-electron chi connectivity index (χ1n) is 25.3. The Hall–Kier alpha value is -6.90. The number of nitrogens with zero attached hydrogens (tertiary/aromatic N) is 6. The molecule has 0 bridgehead atoms. The van der Waals surface area contributed by atoms with Gasteiger partial charge in [-0.2, -0.15) is 4.68 Å². The topological polar surface area (TPSA) is 212 Å². The van der Waals surface area contributed by atoms with Gasteiger partial charge >= 0.3 is 0 Å². The molecular formula is C54H57ClFN9O9. The zero-order valence-electron chi connectivity index (χ0n) is 40.8. The number of aromatic nitrogens is 4. The summed E-state index contributed by atoms with van der Waals surface area (Å²) in [5.41, 5.74) is 5.43. The number of imidazole rings is 1. The summed E-state index contributed by atoms with van der Waals surface area (Å²) in [5, 5.41) is 6.03. The zero-order valence-corrected chi connectivity index (χ0v) is 41.5. The zero-order chi connectivity index (χ0) is 51.5. The molecule has 6 heterocycles. The van der Waals surface area contributed by atoms with Gasteiger partial charge in [0, 0.05) is 69.4 Å². The standard InChI is InChI=1S/C54H57ClFN9O9/c55-37-10-14-42-43(28-37)58-54(57-42)65-53(72)39(13-7-34-5-11-38(56)12-6-34)49(60-65)36-8-3-33(4-9-36)2-1-25-73-26-27-74-32-48(68)63-19-17-35(18-20-63)31-61-21-23-62(24-22-61)45-29-40-41(30-46(45)66)52(71)64(51(40)70)44-15-16-47(67)59-50(44)69/h3-6,8-12,14,28-30,35,44-45,60H,1-2,7,13,15-27,31-32H2,(H,57,58)(H,59,67,69). The third-order valence-corrected chi connectivity index (χ3v) is 14.9. The summed E-state index contributed by atoms with van der Waals surface area (Å²) in [6, 6.07) is 17.9. The van der Waals surface area contributed by atoms with Gasteiger partial charge in [0.15, 0.2) is 5.78 Å². The van der Waals surface area contributed by atoms with Crippen molar-refractivity contribution < 1.29 is 42.6 Å². The lowest BCUT2D eigenvalue weighted by atomic mass is 9.93. The van der Waals surface area contributed by atoms with Crippen molar-refractivity contribution >= 4 is 58.0 Å². The minimum atomic E-state index is -1.09. The third-order valence-electron chi connectivity index (χ3n) is 14.7. The van der Waals surface area contributed by atoms with E-state index in [1.165, 1.54) is 22.9 Å². The first-order chi connectivity index (χ1) is 35.9. The summed E-state index contributed by atoms with van der Waals surface area (Å²) in [7, 11) is 0. The van der Waals surface area contributed by atoms with Crippen molar-refractivity contribution in [2.75, 3.05) is 72.2 Å². The number of piperazine rings is 1. The van der Waals surface area contributed by atoms with Gasteiger partial charge in [-0.3, -0.25) is 53.8 Å². The van der Waals surface area contributed by atoms with E-state index in [-0.39, 0.29) is 53.7 Å². The number of likely N-dealkylation sites (tertiary alicyclic amines) is 2. The van der Waals surface area contributed by atoms with Crippen LogP contribution in [0.5, 0.6) is 0 Å². The maximum atomic E-state index is 13.9. The molecule has 20 heteroatoms. The molecular weight excluding hydrogens is 973 g/mol. The van der Waals surface area contributed by atoms with Crippen LogP contribution in [0.3, 0.4) is 0 Å². The van der Waals surface area contributed by atoms with Gasteiger partial charge in [0.2, 0.25) is 23.7 Å². The van der Waals surface area contributed by atoms with Gasteiger partial charge in [0.1, 0.15) is 18.5 Å². The molecule has 2 unspecified atom stereocenters. The number of piperidine rings is 2. The van der Waals surface area contributed by atoms with E-state index in [4.69, 9.17) is 21.1 Å². The maximum absolute atomic E-state index is 13.9. The van der Waals surface area contributed by atoms with Gasteiger partial charge in [-0.15, -0.1) is 0 Å². The molecule has 0 radical (unpaired) electrons. The summed E-state index contributed by atoms with van der Waals surface area (Å²) in [6.07, 6.45) is 7.15. The number of rotatable bonds is 18. The van der Waals surface area contributed by atoms with Crippen LogP contribution in [0.25, 0.3) is 28.2 Å². The highest BCUT2D eigenvalue weighted by Gasteiger charge is 2.49. The van der Waals surface area contributed by atoms with E-state index in [2.05, 4.69) is 25.3 Å². The number of aromatic amines is 2. The van der Waals surface area contributed by atoms with Crippen LogP contribution in [-0.4, -0.2) is 159 Å². The van der Waals surface area contributed by atoms with E-state index in [1.807, 2.05) is 34.1 Å². The van der Waals surface area contributed by atoms with Gasteiger partial charge in [0.05, 0.1) is 47.1 Å². The minimum absolute atomic E-state index is 0.000474. The molecule has 3 aromatic carbocycles. The SMILES string of the molecule is O=C1CCC(N2C(=O)C3=CC(=O)C(N4CCN(CC5CCN(C(=O)COCCOCCCc6ccc(-c7[nH]n(-c8nc9ccc(Cl)cc9[nH]8)c(=O)c7CCc7ccc(F)cc7)cc6)CC5)CC4)C=C3C2=O)C(=O)N1. The fourth-order valence-corrected chi connectivity index (χ4v) is 10.7. The monoisotopic (exact) mass is 1030 g/mol. The second-order valence-corrected chi connectivity index (χ2v) is 19.9. The number of carbonyl (C=O) groups is 6. The number of halogens is 2. The quantitative estimate of drug-likeness (QED) is 0.0838. The predicted molar refractivity (Wildman–Crippen MR) is 271 cm³/mol. The molecule has 386 valence electrons. The second-order valence-electron chi connectivity index (χ2n) is 19.5. The Morgan fingerprint density at radius 3 is 2.26 bits per heavy atom. The first kappa shape index (κ1) is 50.6. The van der Waals surface area contributed by atoms with Gasteiger partial charge in [-0.25, -0.2) is 9.37 Å². The average Bonchev–Trinajstić information content (AvgIpc) is 4.05. The molecule has 5 aliphatic rings. The molecule has 5 aromatic rings. The fourth-order valence-electron chi connectivity index (χ4n) is 10.6. The number of H-pyrrole nitrogens is 2. The predicted octanol–water partition coefficient (Wildman–Crippen LogP) is 4.09. The van der Waals surface area contributed by atoms with E-state index >= 15 is 0 Å². The van der Waals surface area contributed by atoms with Crippen LogP contribution in [0.15, 0.2) is 94.8 Å². The van der Waals surface area contributed by atoms with E-state index in [1.54, 1.807) is 36.4 Å². The van der Waals surface area contributed by atoms with Crippen molar-refractivity contribution in [3.63, 3.8) is 0 Å². The van der Waals surface area contributed by atoms with Gasteiger partial charge in [-0.1, -0.05) is 48.0 Å². The van der Waals surface area contributed by atoms with Crippen molar-refractivity contribution in [2.24, 2.45) is 5.92 Å². The van der Waals surface area contributed by atoms with Crippen LogP contribution in [0.1, 0.15) is 48.8 Å². The van der Waals surface area contributed by atoms with Crippen LogP contribution < -0.4 is 10.9 Å². The van der Waals surface area contributed by atoms with Crippen molar-refractivity contribution in [3.05, 3.63) is 128 Å². The van der Waals surface area contributed by atoms with Crippen molar-refractivity contribution in [2.45, 2.75) is 63.5 Å². The Balaban J connectivity index is 0.617. The van der Waals surface area contributed by atoms with Crippen LogP contribution in [0.4, 0.5) is 4.39 Å². The Labute approximate surface area is 430 Å². The Morgan fingerprint density at radius 2 is 1.50 bits per heavy atom. The molecule has 74 heavy (non-hydrogen) atoms. The molecule has 4 saturated heterocycles. The molecule has 4 fully saturated rings.